The van der Waals surface area contributed by atoms with E-state index in [9.17, 15) is 0 Å². The molecule has 2 aromatic rings. The Hall–Kier alpha value is -1.16. The largest absolute Gasteiger partial charge is 0.357 e. The van der Waals surface area contributed by atoms with E-state index in [1.54, 1.807) is 11.8 Å². The van der Waals surface area contributed by atoms with Crippen LogP contribution in [0.15, 0.2) is 58.4 Å². The molecule has 2 aliphatic rings. The van der Waals surface area contributed by atoms with E-state index in [1.165, 1.54) is 17.8 Å². The third-order valence-electron chi connectivity index (χ3n) is 4.55. The Kier molecular flexibility index (Phi) is 4.75. The lowest BCUT2D eigenvalue weighted by atomic mass is 10.1. The van der Waals surface area contributed by atoms with Crippen LogP contribution < -0.4 is 0 Å². The topological polar surface area (TPSA) is 15.6 Å². The van der Waals surface area contributed by atoms with E-state index >= 15 is 0 Å². The molecule has 0 radical (unpaired) electrons. The summed E-state index contributed by atoms with van der Waals surface area (Å²) in [6, 6.07) is 16.5. The summed E-state index contributed by atoms with van der Waals surface area (Å²) in [5.41, 5.74) is 1.29. The fourth-order valence-electron chi connectivity index (χ4n) is 3.38. The third kappa shape index (κ3) is 3.17. The van der Waals surface area contributed by atoms with Crippen molar-refractivity contribution in [2.75, 3.05) is 13.1 Å². The monoisotopic (exact) mass is 376 g/mol. The van der Waals surface area contributed by atoms with Crippen molar-refractivity contribution < 1.29 is 0 Å². The van der Waals surface area contributed by atoms with Gasteiger partial charge in [0, 0.05) is 18.0 Å². The van der Waals surface area contributed by atoms with Gasteiger partial charge in [0.1, 0.15) is 5.84 Å². The number of hydrogen-bond donors (Lipinski definition) is 0. The van der Waals surface area contributed by atoms with Crippen molar-refractivity contribution in [3.05, 3.63) is 64.1 Å². The third-order valence-corrected chi connectivity index (χ3v) is 6.81. The zero-order valence-electron chi connectivity index (χ0n) is 13.2. The van der Waals surface area contributed by atoms with Crippen molar-refractivity contribution >= 4 is 40.8 Å². The van der Waals surface area contributed by atoms with Crippen LogP contribution in [0.3, 0.4) is 0 Å². The minimum absolute atomic E-state index is 0.240. The van der Waals surface area contributed by atoms with Crippen LogP contribution in [0.5, 0.6) is 0 Å². The van der Waals surface area contributed by atoms with E-state index in [4.69, 9.17) is 28.2 Å². The molecular formula is C19H18Cl2N2S. The highest BCUT2D eigenvalue weighted by Crippen LogP contribution is 2.41. The van der Waals surface area contributed by atoms with Gasteiger partial charge in [-0.1, -0.05) is 59.6 Å². The van der Waals surface area contributed by atoms with Gasteiger partial charge in [0.2, 0.25) is 0 Å². The molecule has 2 heterocycles. The van der Waals surface area contributed by atoms with E-state index in [1.807, 2.05) is 18.2 Å². The molecule has 4 rings (SSSR count). The van der Waals surface area contributed by atoms with E-state index < -0.39 is 0 Å². The fraction of sp³-hybridized carbons (Fsp3) is 0.316. The van der Waals surface area contributed by atoms with Crippen LogP contribution in [0.2, 0.25) is 10.0 Å². The minimum atomic E-state index is 0.240. The molecule has 1 saturated heterocycles. The van der Waals surface area contributed by atoms with E-state index in [-0.39, 0.29) is 6.04 Å². The van der Waals surface area contributed by atoms with Crippen molar-refractivity contribution in [3.63, 3.8) is 0 Å². The lowest BCUT2D eigenvalue weighted by Crippen LogP contribution is -2.40. The molecule has 0 spiro atoms. The molecule has 0 aromatic heterocycles. The number of fused-ring (bicyclic) bond motifs is 1. The molecule has 2 unspecified atom stereocenters. The van der Waals surface area contributed by atoms with E-state index in [0.717, 1.165) is 34.5 Å². The number of thioether (sulfide) groups is 1. The summed E-state index contributed by atoms with van der Waals surface area (Å²) in [6.07, 6.45) is 2.29. The quantitative estimate of drug-likeness (QED) is 0.682. The normalized spacial score (nSPS) is 23.1. The molecule has 2 nitrogen and oxygen atoms in total. The molecule has 2 aliphatic heterocycles. The Morgan fingerprint density at radius 1 is 1.00 bits per heavy atom. The molecule has 1 fully saturated rings. The second-order valence-electron chi connectivity index (χ2n) is 6.16. The van der Waals surface area contributed by atoms with Crippen molar-refractivity contribution in [2.45, 2.75) is 29.0 Å². The lowest BCUT2D eigenvalue weighted by molar-refractivity contribution is 0.387. The first-order chi connectivity index (χ1) is 11.7. The van der Waals surface area contributed by atoms with Gasteiger partial charge in [-0.25, -0.2) is 0 Å². The van der Waals surface area contributed by atoms with Crippen LogP contribution >= 0.6 is 35.0 Å². The Morgan fingerprint density at radius 3 is 2.50 bits per heavy atom. The summed E-state index contributed by atoms with van der Waals surface area (Å²) >= 11 is 14.5. The van der Waals surface area contributed by atoms with Crippen molar-refractivity contribution in [1.29, 1.82) is 0 Å². The SMILES string of the molecule is Clc1cccc(Cl)c1SC1CCCN2CC(c3ccccc3)N=C12. The van der Waals surface area contributed by atoms with E-state index in [0.29, 0.717) is 5.25 Å². The molecule has 2 aromatic carbocycles. The number of piperidine rings is 1. The fourth-order valence-corrected chi connectivity index (χ4v) is 5.29. The molecular weight excluding hydrogens is 359 g/mol. The molecule has 0 bridgehead atoms. The van der Waals surface area contributed by atoms with Gasteiger partial charge in [0.25, 0.3) is 0 Å². The second kappa shape index (κ2) is 6.99. The van der Waals surface area contributed by atoms with Crippen molar-refractivity contribution in [2.24, 2.45) is 4.99 Å². The van der Waals surface area contributed by atoms with Crippen LogP contribution in [0.25, 0.3) is 0 Å². The predicted octanol–water partition coefficient (Wildman–Crippen LogP) is 5.70. The summed E-state index contributed by atoms with van der Waals surface area (Å²) in [7, 11) is 0. The highest BCUT2D eigenvalue weighted by molar-refractivity contribution is 8.00. The average molecular weight is 377 g/mol. The molecule has 124 valence electrons. The van der Waals surface area contributed by atoms with Gasteiger partial charge in [-0.2, -0.15) is 0 Å². The standard InChI is InChI=1S/C19H18Cl2N2S/c20-14-8-4-9-15(21)18(14)24-17-10-5-11-23-12-16(22-19(17)23)13-6-2-1-3-7-13/h1-4,6-9,16-17H,5,10-12H2. The maximum Gasteiger partial charge on any atom is 0.113 e. The van der Waals surface area contributed by atoms with Crippen molar-refractivity contribution in [3.8, 4) is 0 Å². The number of nitrogens with zero attached hydrogens (tertiary/aromatic N) is 2. The number of benzene rings is 2. The summed E-state index contributed by atoms with van der Waals surface area (Å²) < 4.78 is 0. The Bertz CT molecular complexity index is 743. The first kappa shape index (κ1) is 16.3. The zero-order chi connectivity index (χ0) is 16.5. The number of amidine groups is 1. The summed E-state index contributed by atoms with van der Waals surface area (Å²) in [5, 5.41) is 1.77. The molecule has 0 amide bonds. The zero-order valence-corrected chi connectivity index (χ0v) is 15.5. The highest BCUT2D eigenvalue weighted by atomic mass is 35.5. The van der Waals surface area contributed by atoms with Gasteiger partial charge < -0.3 is 4.90 Å². The molecule has 0 saturated carbocycles. The maximum atomic E-state index is 6.36. The van der Waals surface area contributed by atoms with Gasteiger partial charge in [0.15, 0.2) is 0 Å². The number of halogens is 2. The molecule has 0 aliphatic carbocycles. The molecule has 24 heavy (non-hydrogen) atoms. The maximum absolute atomic E-state index is 6.36. The molecule has 5 heteroatoms. The molecule has 2 atom stereocenters. The van der Waals surface area contributed by atoms with Gasteiger partial charge in [0.05, 0.1) is 21.3 Å². The summed E-state index contributed by atoms with van der Waals surface area (Å²) in [6.45, 7) is 2.07. The van der Waals surface area contributed by atoms with Gasteiger partial charge in [-0.05, 0) is 30.5 Å². The van der Waals surface area contributed by atoms with Crippen LogP contribution in [0, 0.1) is 0 Å². The Balaban J connectivity index is 1.60. The first-order valence-electron chi connectivity index (χ1n) is 8.20. The first-order valence-corrected chi connectivity index (χ1v) is 9.84. The number of hydrogen-bond acceptors (Lipinski definition) is 3. The number of aliphatic imine (C=N–C) groups is 1. The Morgan fingerprint density at radius 2 is 1.75 bits per heavy atom. The van der Waals surface area contributed by atoms with Crippen LogP contribution in [0.4, 0.5) is 0 Å². The van der Waals surface area contributed by atoms with Crippen LogP contribution in [-0.4, -0.2) is 29.1 Å². The van der Waals surface area contributed by atoms with Crippen LogP contribution in [-0.2, 0) is 0 Å². The predicted molar refractivity (Wildman–Crippen MR) is 104 cm³/mol. The van der Waals surface area contributed by atoms with Gasteiger partial charge in [-0.3, -0.25) is 4.99 Å². The van der Waals surface area contributed by atoms with Gasteiger partial charge >= 0.3 is 0 Å². The highest BCUT2D eigenvalue weighted by Gasteiger charge is 2.35. The average Bonchev–Trinajstić information content (AvgIpc) is 3.04. The minimum Gasteiger partial charge on any atom is -0.357 e. The summed E-state index contributed by atoms with van der Waals surface area (Å²) in [5.74, 6) is 1.20. The van der Waals surface area contributed by atoms with Crippen molar-refractivity contribution in [1.82, 2.24) is 4.90 Å². The lowest BCUT2D eigenvalue weighted by Gasteiger charge is -2.31. The summed E-state index contributed by atoms with van der Waals surface area (Å²) in [4.78, 5) is 8.46. The number of rotatable bonds is 3. The Labute approximate surface area is 156 Å². The molecule has 0 N–H and O–H groups in total. The second-order valence-corrected chi connectivity index (χ2v) is 8.19. The smallest absolute Gasteiger partial charge is 0.113 e. The van der Waals surface area contributed by atoms with Crippen LogP contribution in [0.1, 0.15) is 24.4 Å². The van der Waals surface area contributed by atoms with Gasteiger partial charge in [-0.15, -0.1) is 11.8 Å². The van der Waals surface area contributed by atoms with E-state index in [2.05, 4.69) is 35.2 Å².